The molecule has 1 atom stereocenters. The Morgan fingerprint density at radius 2 is 1.92 bits per heavy atom. The first-order valence-electron chi connectivity index (χ1n) is 7.32. The van der Waals surface area contributed by atoms with Gasteiger partial charge in [0, 0.05) is 18.4 Å². The smallest absolute Gasteiger partial charge is 0.340 e. The fourth-order valence-electron chi connectivity index (χ4n) is 2.10. The normalized spacial score (nSPS) is 11.7. The third kappa shape index (κ3) is 4.24. The van der Waals surface area contributed by atoms with Crippen LogP contribution in [-0.2, 0) is 9.53 Å². The van der Waals surface area contributed by atoms with E-state index in [-0.39, 0.29) is 21.6 Å². The lowest BCUT2D eigenvalue weighted by Gasteiger charge is -2.24. The number of para-hydroxylation sites is 1. The van der Waals surface area contributed by atoms with Crippen LogP contribution in [0.1, 0.15) is 24.2 Å². The van der Waals surface area contributed by atoms with Gasteiger partial charge in [-0.25, -0.2) is 9.78 Å². The first-order chi connectivity index (χ1) is 11.4. The van der Waals surface area contributed by atoms with Gasteiger partial charge in [0.2, 0.25) is 0 Å². The molecule has 5 nitrogen and oxygen atoms in total. The third-order valence-electron chi connectivity index (χ3n) is 3.31. The van der Waals surface area contributed by atoms with E-state index in [1.807, 2.05) is 37.3 Å². The lowest BCUT2D eigenvalue weighted by molar-refractivity contribution is -0.126. The number of amides is 1. The number of benzene rings is 1. The summed E-state index contributed by atoms with van der Waals surface area (Å²) in [6.07, 6.45) is 0.301. The molecular formula is C17H16Cl2N2O3. The van der Waals surface area contributed by atoms with Crippen molar-refractivity contribution in [3.8, 4) is 0 Å². The van der Waals surface area contributed by atoms with Crippen LogP contribution in [0, 0.1) is 0 Å². The Balaban J connectivity index is 2.10. The lowest BCUT2D eigenvalue weighted by atomic mass is 10.2. The molecule has 2 rings (SSSR count). The minimum atomic E-state index is -0.952. The van der Waals surface area contributed by atoms with Gasteiger partial charge in [-0.15, -0.1) is 0 Å². The van der Waals surface area contributed by atoms with Gasteiger partial charge in [-0.05, 0) is 32.0 Å². The zero-order valence-corrected chi connectivity index (χ0v) is 14.7. The molecule has 0 saturated heterocycles. The zero-order valence-electron chi connectivity index (χ0n) is 13.2. The Morgan fingerprint density at radius 3 is 2.50 bits per heavy atom. The van der Waals surface area contributed by atoms with E-state index in [1.54, 1.807) is 4.90 Å². The van der Waals surface area contributed by atoms with Gasteiger partial charge in [0.05, 0.1) is 10.6 Å². The summed E-state index contributed by atoms with van der Waals surface area (Å²) in [7, 11) is 0. The second-order valence-corrected chi connectivity index (χ2v) is 5.73. The number of aromatic nitrogens is 1. The van der Waals surface area contributed by atoms with Gasteiger partial charge >= 0.3 is 5.97 Å². The monoisotopic (exact) mass is 366 g/mol. The Morgan fingerprint density at radius 1 is 1.25 bits per heavy atom. The molecule has 1 heterocycles. The molecule has 24 heavy (non-hydrogen) atoms. The number of pyridine rings is 1. The summed E-state index contributed by atoms with van der Waals surface area (Å²) >= 11 is 11.5. The minimum absolute atomic E-state index is 0.0959. The SMILES string of the molecule is CCN(C(=O)[C@@H](C)OC(=O)c1cnc(Cl)c(Cl)c1)c1ccccc1. The van der Waals surface area contributed by atoms with Gasteiger partial charge in [0.25, 0.3) is 5.91 Å². The van der Waals surface area contributed by atoms with Crippen molar-refractivity contribution < 1.29 is 14.3 Å². The Hall–Kier alpha value is -2.11. The summed E-state index contributed by atoms with van der Waals surface area (Å²) in [4.78, 5) is 30.0. The highest BCUT2D eigenvalue weighted by Gasteiger charge is 2.25. The van der Waals surface area contributed by atoms with Crippen LogP contribution in [0.15, 0.2) is 42.6 Å². The quantitative estimate of drug-likeness (QED) is 0.592. The number of hydrogen-bond acceptors (Lipinski definition) is 4. The van der Waals surface area contributed by atoms with Crippen LogP contribution in [0.3, 0.4) is 0 Å². The number of likely N-dealkylation sites (N-methyl/N-ethyl adjacent to an activating group) is 1. The molecule has 0 fully saturated rings. The standard InChI is InChI=1S/C17H16Cl2N2O3/c1-3-21(13-7-5-4-6-8-13)16(22)11(2)24-17(23)12-9-14(18)15(19)20-10-12/h4-11H,3H2,1-2H3/t11-/m1/s1. The molecule has 0 aliphatic rings. The summed E-state index contributed by atoms with van der Waals surface area (Å²) in [6.45, 7) is 3.83. The predicted molar refractivity (Wildman–Crippen MR) is 93.6 cm³/mol. The molecule has 0 spiro atoms. The maximum Gasteiger partial charge on any atom is 0.340 e. The molecule has 1 aromatic heterocycles. The minimum Gasteiger partial charge on any atom is -0.449 e. The van der Waals surface area contributed by atoms with Gasteiger partial charge in [0.1, 0.15) is 5.15 Å². The highest BCUT2D eigenvalue weighted by Crippen LogP contribution is 2.21. The van der Waals surface area contributed by atoms with Gasteiger partial charge in [-0.1, -0.05) is 41.4 Å². The number of nitrogens with zero attached hydrogens (tertiary/aromatic N) is 2. The van der Waals surface area contributed by atoms with Crippen LogP contribution >= 0.6 is 23.2 Å². The van der Waals surface area contributed by atoms with Crippen LogP contribution < -0.4 is 4.90 Å². The van der Waals surface area contributed by atoms with Crippen molar-refractivity contribution in [2.24, 2.45) is 0 Å². The van der Waals surface area contributed by atoms with Crippen molar-refractivity contribution >= 4 is 40.8 Å². The van der Waals surface area contributed by atoms with E-state index in [0.29, 0.717) is 6.54 Å². The molecule has 1 aromatic carbocycles. The van der Waals surface area contributed by atoms with Crippen molar-refractivity contribution in [1.29, 1.82) is 0 Å². The highest BCUT2D eigenvalue weighted by molar-refractivity contribution is 6.41. The molecule has 0 N–H and O–H groups in total. The number of halogens is 2. The average molecular weight is 367 g/mol. The van der Waals surface area contributed by atoms with Crippen molar-refractivity contribution in [1.82, 2.24) is 4.98 Å². The first-order valence-corrected chi connectivity index (χ1v) is 8.08. The van der Waals surface area contributed by atoms with Crippen LogP contribution in [0.5, 0.6) is 0 Å². The number of hydrogen-bond donors (Lipinski definition) is 0. The van der Waals surface area contributed by atoms with Crippen LogP contribution in [0.25, 0.3) is 0 Å². The Labute approximate surface area is 150 Å². The van der Waals surface area contributed by atoms with Crippen LogP contribution in [0.4, 0.5) is 5.69 Å². The summed E-state index contributed by atoms with van der Waals surface area (Å²) < 4.78 is 5.23. The van der Waals surface area contributed by atoms with Gasteiger partial charge in [-0.3, -0.25) is 4.79 Å². The van der Waals surface area contributed by atoms with Crippen molar-refractivity contribution in [2.75, 3.05) is 11.4 Å². The summed E-state index contributed by atoms with van der Waals surface area (Å²) in [6, 6.07) is 10.5. The lowest BCUT2D eigenvalue weighted by Crippen LogP contribution is -2.40. The molecule has 0 bridgehead atoms. The molecule has 1 amide bonds. The molecule has 0 aliphatic carbocycles. The Kier molecular flexibility index (Phi) is 6.17. The van der Waals surface area contributed by atoms with E-state index in [9.17, 15) is 9.59 Å². The number of carbonyl (C=O) groups excluding carboxylic acids is 2. The van der Waals surface area contributed by atoms with E-state index in [4.69, 9.17) is 27.9 Å². The topological polar surface area (TPSA) is 59.5 Å². The van der Waals surface area contributed by atoms with Crippen molar-refractivity contribution in [3.05, 3.63) is 58.3 Å². The van der Waals surface area contributed by atoms with Gasteiger partial charge in [-0.2, -0.15) is 0 Å². The number of anilines is 1. The maximum atomic E-state index is 12.5. The largest absolute Gasteiger partial charge is 0.449 e. The number of carbonyl (C=O) groups is 2. The average Bonchev–Trinajstić information content (AvgIpc) is 2.58. The van der Waals surface area contributed by atoms with E-state index >= 15 is 0 Å². The van der Waals surface area contributed by atoms with Crippen molar-refractivity contribution in [2.45, 2.75) is 20.0 Å². The summed E-state index contributed by atoms with van der Waals surface area (Å²) in [5.41, 5.74) is 0.871. The van der Waals surface area contributed by atoms with E-state index in [2.05, 4.69) is 4.98 Å². The van der Waals surface area contributed by atoms with E-state index in [1.165, 1.54) is 19.2 Å². The predicted octanol–water partition coefficient (Wildman–Crippen LogP) is 3.99. The summed E-state index contributed by atoms with van der Waals surface area (Å²) in [5, 5.41) is 0.239. The maximum absolute atomic E-state index is 12.5. The van der Waals surface area contributed by atoms with Gasteiger partial charge < -0.3 is 9.64 Å². The number of esters is 1. The van der Waals surface area contributed by atoms with Crippen LogP contribution in [0.2, 0.25) is 10.2 Å². The zero-order chi connectivity index (χ0) is 17.7. The molecule has 126 valence electrons. The second-order valence-electron chi connectivity index (χ2n) is 4.96. The Bertz CT molecular complexity index is 738. The summed E-state index contributed by atoms with van der Waals surface area (Å²) in [5.74, 6) is -1.00. The molecule has 0 aliphatic heterocycles. The van der Waals surface area contributed by atoms with Crippen LogP contribution in [-0.4, -0.2) is 29.5 Å². The number of rotatable bonds is 5. The molecule has 0 unspecified atom stereocenters. The van der Waals surface area contributed by atoms with Gasteiger partial charge in [0.15, 0.2) is 6.10 Å². The fourth-order valence-corrected chi connectivity index (χ4v) is 2.37. The second kappa shape index (κ2) is 8.13. The first kappa shape index (κ1) is 18.2. The number of ether oxygens (including phenoxy) is 1. The molecule has 2 aromatic rings. The van der Waals surface area contributed by atoms with E-state index in [0.717, 1.165) is 5.69 Å². The molecule has 7 heteroatoms. The highest BCUT2D eigenvalue weighted by atomic mass is 35.5. The molecule has 0 radical (unpaired) electrons. The molecule has 0 saturated carbocycles. The van der Waals surface area contributed by atoms with Crippen molar-refractivity contribution in [3.63, 3.8) is 0 Å². The third-order valence-corrected chi connectivity index (χ3v) is 4.00. The molecular weight excluding hydrogens is 351 g/mol. The van der Waals surface area contributed by atoms with E-state index < -0.39 is 12.1 Å². The fraction of sp³-hybridized carbons (Fsp3) is 0.235.